The van der Waals surface area contributed by atoms with Gasteiger partial charge in [-0.15, -0.1) is 0 Å². The lowest BCUT2D eigenvalue weighted by molar-refractivity contribution is -0.193. The van der Waals surface area contributed by atoms with Crippen molar-refractivity contribution in [3.05, 3.63) is 54.5 Å². The largest absolute Gasteiger partial charge is 0.490 e. The predicted octanol–water partition coefficient (Wildman–Crippen LogP) is 2.96. The monoisotopic (exact) mass is 522 g/mol. The number of fused-ring (bicyclic) bond motifs is 1. The summed E-state index contributed by atoms with van der Waals surface area (Å²) < 4.78 is 67.6. The third kappa shape index (κ3) is 8.37. The molecule has 1 aliphatic heterocycles. The standard InChI is InChI=1S/C16H18N6.2C2HF3O2/c1-20-10-13(7-19-20)11-21-5-6-22-15(9-18-16(22)12-21)14-3-2-4-17-8-14;2*3-2(4,5)1(6)7/h2-4,7-10H,5-6,11-12H2,1H3;2*(H,6,7). The van der Waals surface area contributed by atoms with E-state index >= 15 is 0 Å². The number of rotatable bonds is 3. The molecule has 0 unspecified atom stereocenters. The number of aliphatic carboxylic acids is 2. The van der Waals surface area contributed by atoms with Gasteiger partial charge in [0.15, 0.2) is 0 Å². The van der Waals surface area contributed by atoms with Gasteiger partial charge in [0.05, 0.1) is 24.6 Å². The van der Waals surface area contributed by atoms with Gasteiger partial charge in [-0.1, -0.05) is 0 Å². The number of carboxylic acids is 2. The third-order valence-corrected chi connectivity index (χ3v) is 4.55. The van der Waals surface area contributed by atoms with Crippen molar-refractivity contribution >= 4 is 11.9 Å². The molecule has 0 atom stereocenters. The van der Waals surface area contributed by atoms with E-state index in [0.29, 0.717) is 0 Å². The van der Waals surface area contributed by atoms with Crippen LogP contribution in [0.2, 0.25) is 0 Å². The van der Waals surface area contributed by atoms with Gasteiger partial charge in [-0.05, 0) is 12.1 Å². The van der Waals surface area contributed by atoms with Crippen LogP contribution in [-0.4, -0.2) is 70.3 Å². The number of carbonyl (C=O) groups is 2. The van der Waals surface area contributed by atoms with Gasteiger partial charge < -0.3 is 14.8 Å². The molecule has 0 saturated carbocycles. The number of aryl methyl sites for hydroxylation is 1. The molecule has 0 aromatic carbocycles. The number of imidazole rings is 1. The highest BCUT2D eigenvalue weighted by Crippen LogP contribution is 2.24. The summed E-state index contributed by atoms with van der Waals surface area (Å²) in [5, 5.41) is 18.5. The van der Waals surface area contributed by atoms with Crippen LogP contribution in [0.25, 0.3) is 11.3 Å². The van der Waals surface area contributed by atoms with Crippen molar-refractivity contribution in [1.29, 1.82) is 0 Å². The lowest BCUT2D eigenvalue weighted by atomic mass is 10.2. The average Bonchev–Trinajstić information content (AvgIpc) is 3.39. The molecule has 16 heteroatoms. The Morgan fingerprint density at radius 1 is 1.00 bits per heavy atom. The van der Waals surface area contributed by atoms with E-state index in [4.69, 9.17) is 19.8 Å². The van der Waals surface area contributed by atoms with Crippen LogP contribution in [0.15, 0.2) is 43.1 Å². The Morgan fingerprint density at radius 3 is 2.08 bits per heavy atom. The molecule has 0 amide bonds. The average molecular weight is 522 g/mol. The van der Waals surface area contributed by atoms with Crippen molar-refractivity contribution in [1.82, 2.24) is 29.2 Å². The number of nitrogens with zero attached hydrogens (tertiary/aromatic N) is 6. The maximum atomic E-state index is 10.6. The molecular weight excluding hydrogens is 502 g/mol. The molecule has 3 aromatic heterocycles. The van der Waals surface area contributed by atoms with E-state index in [9.17, 15) is 26.3 Å². The summed E-state index contributed by atoms with van der Waals surface area (Å²) in [6, 6.07) is 4.05. The van der Waals surface area contributed by atoms with Gasteiger partial charge in [0.25, 0.3) is 0 Å². The summed E-state index contributed by atoms with van der Waals surface area (Å²) in [6.45, 7) is 3.77. The number of hydrogen-bond acceptors (Lipinski definition) is 6. The van der Waals surface area contributed by atoms with E-state index in [1.807, 2.05) is 36.4 Å². The molecule has 2 N–H and O–H groups in total. The zero-order valence-electron chi connectivity index (χ0n) is 18.5. The maximum absolute atomic E-state index is 10.6. The lowest BCUT2D eigenvalue weighted by Gasteiger charge is -2.28. The summed E-state index contributed by atoms with van der Waals surface area (Å²) in [6.07, 6.45) is -0.511. The number of carboxylic acid groups (broad SMARTS) is 2. The van der Waals surface area contributed by atoms with Gasteiger partial charge >= 0.3 is 24.3 Å². The molecule has 4 heterocycles. The molecule has 3 aromatic rings. The first-order valence-corrected chi connectivity index (χ1v) is 9.93. The van der Waals surface area contributed by atoms with Crippen LogP contribution in [-0.2, 0) is 36.3 Å². The Bertz CT molecular complexity index is 1140. The van der Waals surface area contributed by atoms with Crippen LogP contribution in [0.1, 0.15) is 11.4 Å². The van der Waals surface area contributed by atoms with Gasteiger partial charge in [0, 0.05) is 56.4 Å². The first-order chi connectivity index (χ1) is 16.7. The molecule has 0 fully saturated rings. The second-order valence-electron chi connectivity index (χ2n) is 7.29. The summed E-state index contributed by atoms with van der Waals surface area (Å²) in [5.74, 6) is -4.39. The second kappa shape index (κ2) is 11.7. The molecule has 0 radical (unpaired) electrons. The van der Waals surface area contributed by atoms with Crippen molar-refractivity contribution in [2.45, 2.75) is 32.0 Å². The highest BCUT2D eigenvalue weighted by Gasteiger charge is 2.38. The lowest BCUT2D eigenvalue weighted by Crippen LogP contribution is -2.33. The van der Waals surface area contributed by atoms with Crippen molar-refractivity contribution < 1.29 is 46.1 Å². The molecular formula is C20H20F6N6O4. The number of pyridine rings is 1. The van der Waals surface area contributed by atoms with Crippen molar-refractivity contribution in [2.75, 3.05) is 6.54 Å². The van der Waals surface area contributed by atoms with E-state index in [1.165, 1.54) is 5.56 Å². The van der Waals surface area contributed by atoms with E-state index < -0.39 is 24.3 Å². The Balaban J connectivity index is 0.000000271. The zero-order valence-corrected chi connectivity index (χ0v) is 18.5. The molecule has 0 saturated heterocycles. The highest BCUT2D eigenvalue weighted by molar-refractivity contribution is 5.73. The van der Waals surface area contributed by atoms with E-state index in [1.54, 1.807) is 6.20 Å². The number of halogens is 6. The SMILES string of the molecule is Cn1cc(CN2CCn3c(-c4cccnc4)cnc3C2)cn1.O=C(O)C(F)(F)F.O=C(O)C(F)(F)F. The normalized spacial score (nSPS) is 13.5. The predicted molar refractivity (Wildman–Crippen MR) is 110 cm³/mol. The van der Waals surface area contributed by atoms with Gasteiger partial charge in [-0.2, -0.15) is 31.4 Å². The van der Waals surface area contributed by atoms with Gasteiger partial charge in [0.1, 0.15) is 5.82 Å². The first-order valence-electron chi connectivity index (χ1n) is 9.93. The minimum atomic E-state index is -5.08. The molecule has 0 spiro atoms. The van der Waals surface area contributed by atoms with Crippen LogP contribution in [0.5, 0.6) is 0 Å². The van der Waals surface area contributed by atoms with E-state index in [2.05, 4.69) is 36.8 Å². The van der Waals surface area contributed by atoms with Crippen LogP contribution in [0, 0.1) is 0 Å². The molecule has 0 bridgehead atoms. The van der Waals surface area contributed by atoms with Gasteiger partial charge in [-0.3, -0.25) is 14.6 Å². The third-order valence-electron chi connectivity index (χ3n) is 4.55. The second-order valence-corrected chi connectivity index (χ2v) is 7.29. The summed E-state index contributed by atoms with van der Waals surface area (Å²) >= 11 is 0. The smallest absolute Gasteiger partial charge is 0.475 e. The molecule has 196 valence electrons. The molecule has 0 aliphatic carbocycles. The van der Waals surface area contributed by atoms with Crippen LogP contribution >= 0.6 is 0 Å². The number of aromatic nitrogens is 5. The summed E-state index contributed by atoms with van der Waals surface area (Å²) in [7, 11) is 1.95. The van der Waals surface area contributed by atoms with Crippen molar-refractivity contribution in [3.63, 3.8) is 0 Å². The quantitative estimate of drug-likeness (QED) is 0.503. The molecule has 10 nitrogen and oxygen atoms in total. The van der Waals surface area contributed by atoms with Crippen LogP contribution in [0.4, 0.5) is 26.3 Å². The topological polar surface area (TPSA) is 126 Å². The number of hydrogen-bond donors (Lipinski definition) is 2. The molecule has 36 heavy (non-hydrogen) atoms. The Hall–Kier alpha value is -3.95. The maximum Gasteiger partial charge on any atom is 0.490 e. The fourth-order valence-corrected chi connectivity index (χ4v) is 3.00. The Labute approximate surface area is 199 Å². The molecule has 4 rings (SSSR count). The molecule has 1 aliphatic rings. The summed E-state index contributed by atoms with van der Waals surface area (Å²) in [4.78, 5) is 29.0. The fraction of sp³-hybridized carbons (Fsp3) is 0.350. The summed E-state index contributed by atoms with van der Waals surface area (Å²) in [5.41, 5.74) is 3.53. The van der Waals surface area contributed by atoms with Gasteiger partial charge in [0.2, 0.25) is 0 Å². The number of alkyl halides is 6. The van der Waals surface area contributed by atoms with Crippen LogP contribution in [0.3, 0.4) is 0 Å². The Kier molecular flexibility index (Phi) is 9.16. The van der Waals surface area contributed by atoms with Crippen LogP contribution < -0.4 is 0 Å². The highest BCUT2D eigenvalue weighted by atomic mass is 19.4. The van der Waals surface area contributed by atoms with E-state index in [0.717, 1.165) is 43.3 Å². The van der Waals surface area contributed by atoms with E-state index in [-0.39, 0.29) is 0 Å². The van der Waals surface area contributed by atoms with Crippen molar-refractivity contribution in [3.8, 4) is 11.3 Å². The van der Waals surface area contributed by atoms with Gasteiger partial charge in [-0.25, -0.2) is 14.6 Å². The minimum absolute atomic E-state index is 0.870. The Morgan fingerprint density at radius 2 is 1.61 bits per heavy atom. The fourth-order valence-electron chi connectivity index (χ4n) is 3.00. The zero-order chi connectivity index (χ0) is 27.1. The first kappa shape index (κ1) is 28.3. The van der Waals surface area contributed by atoms with Crippen molar-refractivity contribution in [2.24, 2.45) is 7.05 Å². The minimum Gasteiger partial charge on any atom is -0.475 e.